The molecular formula is C5H8N8. The van der Waals surface area contributed by atoms with Gasteiger partial charge in [-0.15, -0.1) is 4.52 Å². The summed E-state index contributed by atoms with van der Waals surface area (Å²) in [6.07, 6.45) is 0. The van der Waals surface area contributed by atoms with Crippen LogP contribution in [0.3, 0.4) is 0 Å². The number of rotatable bonds is 1. The molecule has 0 unspecified atom stereocenters. The Morgan fingerprint density at radius 3 is 2.77 bits per heavy atom. The molecule has 0 aliphatic rings. The summed E-state index contributed by atoms with van der Waals surface area (Å²) in [5.41, 5.74) is 5.46. The van der Waals surface area contributed by atoms with Crippen LogP contribution in [0.15, 0.2) is 0 Å². The predicted molar refractivity (Wildman–Crippen MR) is 45.1 cm³/mol. The van der Waals surface area contributed by atoms with E-state index in [1.54, 1.807) is 4.90 Å². The third-order valence-corrected chi connectivity index (χ3v) is 1.47. The van der Waals surface area contributed by atoms with Gasteiger partial charge < -0.3 is 10.6 Å². The zero-order valence-corrected chi connectivity index (χ0v) is 7.21. The Bertz CT molecular complexity index is 431. The normalized spacial score (nSPS) is 10.6. The summed E-state index contributed by atoms with van der Waals surface area (Å²) in [5, 5.41) is 10.8. The molecular weight excluding hydrogens is 172 g/mol. The smallest absolute Gasteiger partial charge is 0.279 e. The molecule has 8 nitrogen and oxygen atoms in total. The number of nitrogens with two attached hydrogens (primary N) is 1. The van der Waals surface area contributed by atoms with E-state index in [1.807, 2.05) is 14.1 Å². The van der Waals surface area contributed by atoms with Gasteiger partial charge in [-0.3, -0.25) is 0 Å². The maximum absolute atomic E-state index is 5.46. The Morgan fingerprint density at radius 1 is 1.31 bits per heavy atom. The second-order valence-corrected chi connectivity index (χ2v) is 2.67. The van der Waals surface area contributed by atoms with Crippen LogP contribution in [0.5, 0.6) is 0 Å². The summed E-state index contributed by atoms with van der Waals surface area (Å²) in [6, 6.07) is 0. The minimum Gasteiger partial charge on any atom is -0.368 e. The number of tetrazole rings is 1. The lowest BCUT2D eigenvalue weighted by molar-refractivity contribution is 0.788. The highest BCUT2D eigenvalue weighted by molar-refractivity contribution is 5.42. The van der Waals surface area contributed by atoms with Crippen LogP contribution in [0.4, 0.5) is 11.9 Å². The molecule has 13 heavy (non-hydrogen) atoms. The maximum Gasteiger partial charge on any atom is 0.279 e. The molecule has 2 aromatic heterocycles. The lowest BCUT2D eigenvalue weighted by atomic mass is 10.8. The summed E-state index contributed by atoms with van der Waals surface area (Å²) in [4.78, 5) is 9.58. The average molecular weight is 180 g/mol. The van der Waals surface area contributed by atoms with Crippen molar-refractivity contribution < 1.29 is 0 Å². The molecule has 0 aliphatic carbocycles. The van der Waals surface area contributed by atoms with Gasteiger partial charge in [-0.1, -0.05) is 5.10 Å². The molecule has 68 valence electrons. The molecule has 0 saturated carbocycles. The first-order chi connectivity index (χ1) is 6.18. The first kappa shape index (κ1) is 7.65. The van der Waals surface area contributed by atoms with E-state index in [0.29, 0.717) is 11.7 Å². The Kier molecular flexibility index (Phi) is 1.47. The first-order valence-electron chi connectivity index (χ1n) is 3.57. The fraction of sp³-hybridized carbons (Fsp3) is 0.400. The molecule has 8 heteroatoms. The third-order valence-electron chi connectivity index (χ3n) is 1.47. The topological polar surface area (TPSA) is 98.1 Å². The lowest BCUT2D eigenvalue weighted by Crippen LogP contribution is -2.17. The lowest BCUT2D eigenvalue weighted by Gasteiger charge is -2.10. The molecule has 2 N–H and O–H groups in total. The van der Waals surface area contributed by atoms with Gasteiger partial charge in [0.15, 0.2) is 0 Å². The SMILES string of the molecule is CN(C)c1nc(N)nc2nnnn12. The highest BCUT2D eigenvalue weighted by Crippen LogP contribution is 2.07. The van der Waals surface area contributed by atoms with Crippen molar-refractivity contribution in [2.45, 2.75) is 0 Å². The van der Waals surface area contributed by atoms with Crippen molar-refractivity contribution in [2.75, 3.05) is 24.7 Å². The Hall–Kier alpha value is -1.99. The molecule has 2 aromatic rings. The molecule has 0 atom stereocenters. The van der Waals surface area contributed by atoms with Gasteiger partial charge in [0.25, 0.3) is 5.78 Å². The van der Waals surface area contributed by atoms with Crippen LogP contribution in [0.2, 0.25) is 0 Å². The van der Waals surface area contributed by atoms with E-state index in [1.165, 1.54) is 4.52 Å². The molecule has 0 aromatic carbocycles. The summed E-state index contributed by atoms with van der Waals surface area (Å²) in [6.45, 7) is 0. The van der Waals surface area contributed by atoms with Crippen LogP contribution < -0.4 is 10.6 Å². The zero-order chi connectivity index (χ0) is 9.42. The van der Waals surface area contributed by atoms with Crippen molar-refractivity contribution in [2.24, 2.45) is 0 Å². The van der Waals surface area contributed by atoms with Gasteiger partial charge in [-0.05, 0) is 10.4 Å². The van der Waals surface area contributed by atoms with Gasteiger partial charge >= 0.3 is 0 Å². The third kappa shape index (κ3) is 1.11. The number of nitrogen functional groups attached to an aromatic ring is 1. The van der Waals surface area contributed by atoms with Crippen LogP contribution in [-0.4, -0.2) is 44.1 Å². The quantitative estimate of drug-likeness (QED) is 0.574. The number of fused-ring (bicyclic) bond motifs is 1. The highest BCUT2D eigenvalue weighted by atomic mass is 15.6. The fourth-order valence-corrected chi connectivity index (χ4v) is 0.948. The molecule has 0 fully saturated rings. The Labute approximate surface area is 73.4 Å². The van der Waals surface area contributed by atoms with Gasteiger partial charge in [0.05, 0.1) is 0 Å². The van der Waals surface area contributed by atoms with Crippen molar-refractivity contribution in [3.05, 3.63) is 0 Å². The Morgan fingerprint density at radius 2 is 2.08 bits per heavy atom. The van der Waals surface area contributed by atoms with Crippen molar-refractivity contribution in [3.63, 3.8) is 0 Å². The van der Waals surface area contributed by atoms with E-state index in [0.717, 1.165) is 0 Å². The number of nitrogens with zero attached hydrogens (tertiary/aromatic N) is 7. The van der Waals surface area contributed by atoms with Gasteiger partial charge in [0, 0.05) is 14.1 Å². The van der Waals surface area contributed by atoms with E-state index in [9.17, 15) is 0 Å². The summed E-state index contributed by atoms with van der Waals surface area (Å²) in [7, 11) is 3.64. The van der Waals surface area contributed by atoms with Gasteiger partial charge in [0.2, 0.25) is 11.9 Å². The van der Waals surface area contributed by atoms with E-state index in [-0.39, 0.29) is 5.95 Å². The first-order valence-corrected chi connectivity index (χ1v) is 3.57. The van der Waals surface area contributed by atoms with Crippen LogP contribution in [0.25, 0.3) is 5.78 Å². The fourth-order valence-electron chi connectivity index (χ4n) is 0.948. The molecule has 0 amide bonds. The maximum atomic E-state index is 5.46. The predicted octanol–water partition coefficient (Wildman–Crippen LogP) is -1.44. The molecule has 2 rings (SSSR count). The molecule has 0 bridgehead atoms. The summed E-state index contributed by atoms with van der Waals surface area (Å²) < 4.78 is 1.41. The molecule has 0 saturated heterocycles. The number of hydrogen-bond donors (Lipinski definition) is 1. The van der Waals surface area contributed by atoms with Gasteiger partial charge in [-0.2, -0.15) is 9.97 Å². The van der Waals surface area contributed by atoms with Gasteiger partial charge in [-0.25, -0.2) is 0 Å². The molecule has 0 spiro atoms. The summed E-state index contributed by atoms with van der Waals surface area (Å²) in [5.74, 6) is 1.05. The standard InChI is InChI=1S/C5H8N8/c1-12(2)5-8-3(6)7-4-9-10-11-13(4)5/h1-2H3,(H2,6,7,9,11). The Balaban J connectivity index is 2.77. The highest BCUT2D eigenvalue weighted by Gasteiger charge is 2.09. The second-order valence-electron chi connectivity index (χ2n) is 2.67. The van der Waals surface area contributed by atoms with E-state index in [2.05, 4.69) is 25.5 Å². The van der Waals surface area contributed by atoms with Crippen molar-refractivity contribution in [1.29, 1.82) is 0 Å². The van der Waals surface area contributed by atoms with Gasteiger partial charge in [0.1, 0.15) is 0 Å². The molecule has 0 aliphatic heterocycles. The monoisotopic (exact) mass is 180 g/mol. The number of hydrogen-bond acceptors (Lipinski definition) is 7. The zero-order valence-electron chi connectivity index (χ0n) is 7.21. The van der Waals surface area contributed by atoms with Crippen LogP contribution in [-0.2, 0) is 0 Å². The minimum absolute atomic E-state index is 0.158. The molecule has 0 radical (unpaired) electrons. The average Bonchev–Trinajstić information content (AvgIpc) is 2.49. The second kappa shape index (κ2) is 2.51. The van der Waals surface area contributed by atoms with Crippen LogP contribution >= 0.6 is 0 Å². The molecule has 2 heterocycles. The number of aromatic nitrogens is 6. The van der Waals surface area contributed by atoms with Crippen LogP contribution in [0.1, 0.15) is 0 Å². The summed E-state index contributed by atoms with van der Waals surface area (Å²) >= 11 is 0. The van der Waals surface area contributed by atoms with E-state index < -0.39 is 0 Å². The van der Waals surface area contributed by atoms with E-state index in [4.69, 9.17) is 5.73 Å². The number of anilines is 2. The van der Waals surface area contributed by atoms with Crippen molar-refractivity contribution in [1.82, 2.24) is 30.0 Å². The van der Waals surface area contributed by atoms with Crippen LogP contribution in [0, 0.1) is 0 Å². The van der Waals surface area contributed by atoms with Crippen molar-refractivity contribution >= 4 is 17.7 Å². The minimum atomic E-state index is 0.158. The van der Waals surface area contributed by atoms with E-state index >= 15 is 0 Å². The largest absolute Gasteiger partial charge is 0.368 e. The van der Waals surface area contributed by atoms with Crippen molar-refractivity contribution in [3.8, 4) is 0 Å².